The molecule has 1 aromatic carbocycles. The Morgan fingerprint density at radius 1 is 1.22 bits per heavy atom. The second-order valence-electron chi connectivity index (χ2n) is 7.70. The van der Waals surface area contributed by atoms with Gasteiger partial charge in [-0.05, 0) is 24.1 Å². The fourth-order valence-corrected chi connectivity index (χ4v) is 3.84. The van der Waals surface area contributed by atoms with Crippen molar-refractivity contribution in [2.24, 2.45) is 0 Å². The number of hydrogen-bond acceptors (Lipinski definition) is 10. The number of alkyl halides is 4. The Morgan fingerprint density at radius 3 is 2.78 bits per heavy atom. The predicted octanol–water partition coefficient (Wildman–Crippen LogP) is 1.57. The van der Waals surface area contributed by atoms with E-state index in [1.807, 2.05) is 0 Å². The van der Waals surface area contributed by atoms with E-state index in [1.165, 1.54) is 30.5 Å². The molecule has 1 unspecified atom stereocenters. The first kappa shape index (κ1) is 28.1. The Bertz CT molecular complexity index is 1100. The summed E-state index contributed by atoms with van der Waals surface area (Å²) in [5.41, 5.74) is 5.76. The highest BCUT2D eigenvalue weighted by Gasteiger charge is 2.31. The first-order valence-electron chi connectivity index (χ1n) is 11.0. The lowest BCUT2D eigenvalue weighted by molar-refractivity contribution is -0.274. The second kappa shape index (κ2) is 13.2. The van der Waals surface area contributed by atoms with Crippen molar-refractivity contribution in [3.05, 3.63) is 51.7 Å². The molecule has 16 heteroatoms. The van der Waals surface area contributed by atoms with Gasteiger partial charge in [0.25, 0.3) is 11.8 Å². The van der Waals surface area contributed by atoms with Crippen molar-refractivity contribution in [1.82, 2.24) is 36.8 Å². The van der Waals surface area contributed by atoms with Crippen molar-refractivity contribution >= 4 is 23.2 Å². The summed E-state index contributed by atoms with van der Waals surface area (Å²) in [7, 11) is 1.52. The summed E-state index contributed by atoms with van der Waals surface area (Å²) in [6.45, 7) is 0.578. The maximum Gasteiger partial charge on any atom is 0.573 e. The fraction of sp³-hybridized carbons (Fsp3) is 0.429. The number of ether oxygens (including phenoxy) is 2. The van der Waals surface area contributed by atoms with Crippen LogP contribution in [0.2, 0.25) is 0 Å². The molecular weight excluding hydrogens is 522 g/mol. The molecule has 1 aliphatic heterocycles. The summed E-state index contributed by atoms with van der Waals surface area (Å²) in [6.07, 6.45) is -4.33. The molecule has 4 N–H and O–H groups in total. The van der Waals surface area contributed by atoms with Crippen molar-refractivity contribution in [2.45, 2.75) is 31.9 Å². The summed E-state index contributed by atoms with van der Waals surface area (Å²) >= 11 is 1.08. The minimum Gasteiger partial charge on any atom is -0.406 e. The number of carbonyl (C=O) groups excluding carboxylic acids is 2. The van der Waals surface area contributed by atoms with Gasteiger partial charge in [0.1, 0.15) is 22.6 Å². The molecule has 202 valence electrons. The number of hydrogen-bond donors (Lipinski definition) is 4. The van der Waals surface area contributed by atoms with E-state index >= 15 is 0 Å². The predicted molar refractivity (Wildman–Crippen MR) is 123 cm³/mol. The van der Waals surface area contributed by atoms with Crippen LogP contribution in [0.4, 0.5) is 17.6 Å². The summed E-state index contributed by atoms with van der Waals surface area (Å²) in [6, 6.07) is 5.23. The monoisotopic (exact) mass is 547 g/mol. The van der Waals surface area contributed by atoms with E-state index in [9.17, 15) is 27.2 Å². The Kier molecular flexibility index (Phi) is 9.99. The average molecular weight is 548 g/mol. The number of hydrazine groups is 2. The van der Waals surface area contributed by atoms with E-state index in [4.69, 9.17) is 4.74 Å². The number of aromatic nitrogens is 2. The maximum absolute atomic E-state index is 14.5. The van der Waals surface area contributed by atoms with Crippen LogP contribution >= 0.6 is 11.3 Å². The van der Waals surface area contributed by atoms with Crippen LogP contribution in [0.3, 0.4) is 0 Å². The van der Waals surface area contributed by atoms with Crippen LogP contribution in [0.15, 0.2) is 36.2 Å². The van der Waals surface area contributed by atoms with E-state index in [-0.39, 0.29) is 42.5 Å². The van der Waals surface area contributed by atoms with Crippen LogP contribution in [-0.4, -0.2) is 66.4 Å². The van der Waals surface area contributed by atoms with Crippen molar-refractivity contribution in [2.75, 3.05) is 26.8 Å². The topological polar surface area (TPSA) is 130 Å². The number of aryl methyl sites for hydroxylation is 1. The summed E-state index contributed by atoms with van der Waals surface area (Å²) < 4.78 is 60.3. The van der Waals surface area contributed by atoms with Crippen LogP contribution in [0, 0.1) is 0 Å². The van der Waals surface area contributed by atoms with Gasteiger partial charge in [-0.3, -0.25) is 20.0 Å². The Morgan fingerprint density at radius 2 is 2.03 bits per heavy atom. The van der Waals surface area contributed by atoms with Gasteiger partial charge in [-0.1, -0.05) is 23.5 Å². The van der Waals surface area contributed by atoms with Gasteiger partial charge in [0, 0.05) is 32.8 Å². The SMILES string of the molecule is COCCNC(=O)c1nnc(CCC(F)CN2C=C(C(=O)NCc3cccc(OC(F)(F)F)c3)NN2)s1. The molecule has 37 heavy (non-hydrogen) atoms. The van der Waals surface area contributed by atoms with E-state index in [0.717, 1.165) is 23.5 Å². The van der Waals surface area contributed by atoms with E-state index in [1.54, 1.807) is 0 Å². The van der Waals surface area contributed by atoms with Crippen molar-refractivity contribution in [3.63, 3.8) is 0 Å². The maximum atomic E-state index is 14.5. The first-order chi connectivity index (χ1) is 17.6. The molecule has 1 aromatic heterocycles. The van der Waals surface area contributed by atoms with Gasteiger partial charge in [-0.2, -0.15) is 0 Å². The largest absolute Gasteiger partial charge is 0.573 e. The third-order valence-corrected chi connectivity index (χ3v) is 5.75. The van der Waals surface area contributed by atoms with Crippen LogP contribution in [0.25, 0.3) is 0 Å². The van der Waals surface area contributed by atoms with Crippen LogP contribution in [0.5, 0.6) is 5.75 Å². The normalized spacial score (nSPS) is 14.1. The number of nitrogens with one attached hydrogen (secondary N) is 4. The van der Waals surface area contributed by atoms with Gasteiger partial charge in [0.05, 0.1) is 13.2 Å². The molecular formula is C21H25F4N7O4S. The summed E-state index contributed by atoms with van der Waals surface area (Å²) in [5, 5.41) is 15.0. The Labute approximate surface area is 213 Å². The van der Waals surface area contributed by atoms with Gasteiger partial charge in [-0.25, -0.2) is 4.39 Å². The van der Waals surface area contributed by atoms with Crippen LogP contribution in [0.1, 0.15) is 26.8 Å². The van der Waals surface area contributed by atoms with Gasteiger partial charge >= 0.3 is 6.36 Å². The van der Waals surface area contributed by atoms with Crippen molar-refractivity contribution < 1.29 is 36.6 Å². The fourth-order valence-electron chi connectivity index (χ4n) is 3.07. The van der Waals surface area contributed by atoms with Gasteiger partial charge in [0.2, 0.25) is 5.01 Å². The smallest absolute Gasteiger partial charge is 0.406 e. The molecule has 0 spiro atoms. The van der Waals surface area contributed by atoms with E-state index in [2.05, 4.69) is 36.5 Å². The summed E-state index contributed by atoms with van der Waals surface area (Å²) in [4.78, 5) is 24.3. The standard InChI is InChI=1S/C21H25F4N7O4S/c1-35-8-7-26-19(34)20-30-29-17(37-20)6-5-14(22)11-32-12-16(28-31-32)18(33)27-10-13-3-2-4-15(9-13)36-21(23,24)25/h2-4,9,12,14,28,31H,5-8,10-11H2,1H3,(H,26,34)(H,27,33). The molecule has 0 saturated heterocycles. The zero-order valence-corrected chi connectivity index (χ0v) is 20.4. The molecule has 2 amide bonds. The van der Waals surface area contributed by atoms with Gasteiger partial charge in [-0.15, -0.1) is 28.9 Å². The number of carbonyl (C=O) groups is 2. The number of methoxy groups -OCH3 is 1. The quantitative estimate of drug-likeness (QED) is 0.218. The highest BCUT2D eigenvalue weighted by molar-refractivity contribution is 7.13. The molecule has 2 heterocycles. The molecule has 0 aliphatic carbocycles. The molecule has 0 bridgehead atoms. The second-order valence-corrected chi connectivity index (χ2v) is 8.76. The minimum absolute atomic E-state index is 0.0487. The third kappa shape index (κ3) is 9.47. The molecule has 1 aliphatic rings. The molecule has 0 radical (unpaired) electrons. The number of nitrogens with zero attached hydrogens (tertiary/aromatic N) is 3. The van der Waals surface area contributed by atoms with Gasteiger partial charge < -0.3 is 20.1 Å². The minimum atomic E-state index is -4.81. The summed E-state index contributed by atoms with van der Waals surface area (Å²) in [5.74, 6) is -1.31. The molecule has 1 atom stereocenters. The lowest BCUT2D eigenvalue weighted by Gasteiger charge is -2.17. The zero-order valence-electron chi connectivity index (χ0n) is 19.6. The van der Waals surface area contributed by atoms with Crippen LogP contribution in [-0.2, 0) is 22.5 Å². The molecule has 2 aromatic rings. The highest BCUT2D eigenvalue weighted by Crippen LogP contribution is 2.23. The number of benzene rings is 1. The number of amides is 2. The van der Waals surface area contributed by atoms with Crippen molar-refractivity contribution in [1.29, 1.82) is 0 Å². The molecule has 0 saturated carbocycles. The van der Waals surface area contributed by atoms with Gasteiger partial charge in [0.15, 0.2) is 0 Å². The van der Waals surface area contributed by atoms with E-state index < -0.39 is 24.2 Å². The first-order valence-corrected chi connectivity index (χ1v) is 11.8. The van der Waals surface area contributed by atoms with E-state index in [0.29, 0.717) is 23.7 Å². The molecule has 11 nitrogen and oxygen atoms in total. The average Bonchev–Trinajstić information content (AvgIpc) is 3.50. The Hall–Kier alpha value is -3.50. The molecule has 0 fully saturated rings. The van der Waals surface area contributed by atoms with Crippen molar-refractivity contribution in [3.8, 4) is 5.75 Å². The highest BCUT2D eigenvalue weighted by atomic mass is 32.1. The molecule has 3 rings (SSSR count). The third-order valence-electron chi connectivity index (χ3n) is 4.77. The Balaban J connectivity index is 1.41. The number of rotatable bonds is 13. The van der Waals surface area contributed by atoms with Crippen LogP contribution < -0.4 is 26.3 Å². The zero-order chi connectivity index (χ0) is 26.8. The number of halogens is 4. The lowest BCUT2D eigenvalue weighted by atomic mass is 10.2. The lowest BCUT2D eigenvalue weighted by Crippen LogP contribution is -2.41.